The van der Waals surface area contributed by atoms with E-state index >= 15 is 0 Å². The summed E-state index contributed by atoms with van der Waals surface area (Å²) in [6, 6.07) is 2.93. The molecule has 0 unspecified atom stereocenters. The minimum Gasteiger partial charge on any atom is -0.312 e. The zero-order valence-electron chi connectivity index (χ0n) is 10.6. The van der Waals surface area contributed by atoms with Gasteiger partial charge in [-0.25, -0.2) is 4.98 Å². The Hall–Kier alpha value is -0.650. The Morgan fingerprint density at radius 3 is 2.33 bits per heavy atom. The molecule has 1 aromatic carbocycles. The van der Waals surface area contributed by atoms with Crippen LogP contribution in [0, 0.1) is 0 Å². The highest BCUT2D eigenvalue weighted by Crippen LogP contribution is 2.57. The molecule has 0 spiro atoms. The van der Waals surface area contributed by atoms with Crippen LogP contribution in [0.25, 0.3) is 11.0 Å². The van der Waals surface area contributed by atoms with E-state index in [2.05, 4.69) is 4.98 Å². The summed E-state index contributed by atoms with van der Waals surface area (Å²) in [5.74, 6) is 0.506. The van der Waals surface area contributed by atoms with E-state index in [4.69, 9.17) is 34.8 Å². The van der Waals surface area contributed by atoms with Crippen LogP contribution in [0.15, 0.2) is 12.1 Å². The summed E-state index contributed by atoms with van der Waals surface area (Å²) in [6.45, 7) is 0. The summed E-state index contributed by atoms with van der Waals surface area (Å²) >= 11 is 17.6. The Morgan fingerprint density at radius 2 is 1.81 bits per heavy atom. The maximum absolute atomic E-state index is 13.4. The van der Waals surface area contributed by atoms with Crippen molar-refractivity contribution in [3.05, 3.63) is 28.0 Å². The molecule has 0 saturated heterocycles. The average Bonchev–Trinajstić information content (AvgIpc) is 3.11. The maximum atomic E-state index is 13.4. The normalized spacial score (nSPS) is 17.4. The molecule has 1 heterocycles. The van der Waals surface area contributed by atoms with Crippen LogP contribution in [-0.2, 0) is 12.0 Å². The first kappa shape index (κ1) is 15.3. The van der Waals surface area contributed by atoms with Crippen molar-refractivity contribution >= 4 is 45.8 Å². The van der Waals surface area contributed by atoms with Crippen LogP contribution < -0.4 is 0 Å². The number of aryl methyl sites for hydroxylation is 1. The Kier molecular flexibility index (Phi) is 3.58. The zero-order valence-corrected chi connectivity index (χ0v) is 12.9. The highest BCUT2D eigenvalue weighted by molar-refractivity contribution is 6.42. The van der Waals surface area contributed by atoms with Crippen LogP contribution in [0.3, 0.4) is 0 Å². The fraction of sp³-hybridized carbons (Fsp3) is 0.462. The van der Waals surface area contributed by atoms with Gasteiger partial charge in [-0.1, -0.05) is 23.2 Å². The Morgan fingerprint density at radius 1 is 1.19 bits per heavy atom. The van der Waals surface area contributed by atoms with Gasteiger partial charge in [0.15, 0.2) is 0 Å². The van der Waals surface area contributed by atoms with Crippen molar-refractivity contribution in [2.45, 2.75) is 31.0 Å². The van der Waals surface area contributed by atoms with Crippen molar-refractivity contribution in [1.29, 1.82) is 0 Å². The van der Waals surface area contributed by atoms with Crippen molar-refractivity contribution in [1.82, 2.24) is 9.55 Å². The predicted octanol–water partition coefficient (Wildman–Crippen LogP) is 5.18. The molecule has 0 N–H and O–H groups in total. The van der Waals surface area contributed by atoms with Gasteiger partial charge >= 0.3 is 6.18 Å². The van der Waals surface area contributed by atoms with Crippen molar-refractivity contribution < 1.29 is 13.2 Å². The fourth-order valence-electron chi connectivity index (χ4n) is 2.60. The first-order valence-electron chi connectivity index (χ1n) is 6.30. The molecule has 0 radical (unpaired) electrons. The molecular formula is C13H10Cl3F3N2. The average molecular weight is 358 g/mol. The van der Waals surface area contributed by atoms with Gasteiger partial charge in [0.25, 0.3) is 0 Å². The third kappa shape index (κ3) is 2.30. The van der Waals surface area contributed by atoms with E-state index in [1.807, 2.05) is 0 Å². The molecule has 2 nitrogen and oxygen atoms in total. The van der Waals surface area contributed by atoms with Gasteiger partial charge in [-0.3, -0.25) is 0 Å². The van der Waals surface area contributed by atoms with Gasteiger partial charge in [0.2, 0.25) is 0 Å². The van der Waals surface area contributed by atoms with Gasteiger partial charge < -0.3 is 4.57 Å². The summed E-state index contributed by atoms with van der Waals surface area (Å²) in [5, 5.41) is 0.476. The van der Waals surface area contributed by atoms with Crippen LogP contribution in [0.2, 0.25) is 10.0 Å². The summed E-state index contributed by atoms with van der Waals surface area (Å²) in [5.41, 5.74) is -1.14. The van der Waals surface area contributed by atoms with Crippen LogP contribution in [0.4, 0.5) is 13.2 Å². The molecule has 1 saturated carbocycles. The summed E-state index contributed by atoms with van der Waals surface area (Å²) in [4.78, 5) is 4.26. The van der Waals surface area contributed by atoms with E-state index in [0.29, 0.717) is 16.9 Å². The first-order chi connectivity index (χ1) is 9.80. The number of halogens is 6. The van der Waals surface area contributed by atoms with E-state index in [9.17, 15) is 13.2 Å². The highest BCUT2D eigenvalue weighted by Gasteiger charge is 2.65. The lowest BCUT2D eigenvalue weighted by atomic mass is 10.2. The highest BCUT2D eigenvalue weighted by atomic mass is 35.5. The Bertz CT molecular complexity index is 705. The third-order valence-corrected chi connectivity index (χ3v) is 4.67. The summed E-state index contributed by atoms with van der Waals surface area (Å²) in [7, 11) is 0. The standard InChI is InChI=1S/C13H10Cl3F3N2/c14-4-1-11-20-9-5-7(15)8(16)6-10(9)21(11)12(2-3-12)13(17,18)19/h5-6H,1-4H2. The van der Waals surface area contributed by atoms with Crippen LogP contribution in [0.1, 0.15) is 18.7 Å². The van der Waals surface area contributed by atoms with E-state index in [-0.39, 0.29) is 35.2 Å². The van der Waals surface area contributed by atoms with E-state index in [0.717, 1.165) is 0 Å². The van der Waals surface area contributed by atoms with Crippen molar-refractivity contribution in [2.75, 3.05) is 5.88 Å². The van der Waals surface area contributed by atoms with Gasteiger partial charge in [-0.05, 0) is 25.0 Å². The SMILES string of the molecule is FC(F)(F)C1(n2c(CCCl)nc3cc(Cl)c(Cl)cc32)CC1. The largest absolute Gasteiger partial charge is 0.412 e. The lowest BCUT2D eigenvalue weighted by molar-refractivity contribution is -0.179. The number of nitrogens with zero attached hydrogens (tertiary/aromatic N) is 2. The molecule has 0 amide bonds. The third-order valence-electron chi connectivity index (χ3n) is 3.76. The molecule has 21 heavy (non-hydrogen) atoms. The van der Waals surface area contributed by atoms with Crippen molar-refractivity contribution in [3.8, 4) is 0 Å². The Balaban J connectivity index is 2.29. The molecule has 114 valence electrons. The van der Waals surface area contributed by atoms with E-state index in [1.165, 1.54) is 16.7 Å². The monoisotopic (exact) mass is 356 g/mol. The van der Waals surface area contributed by atoms with Crippen LogP contribution >= 0.6 is 34.8 Å². The number of fused-ring (bicyclic) bond motifs is 1. The minimum absolute atomic E-state index is 0.0392. The molecule has 2 aromatic rings. The smallest absolute Gasteiger partial charge is 0.312 e. The quantitative estimate of drug-likeness (QED) is 0.692. The molecule has 0 atom stereocenters. The number of imidazole rings is 1. The van der Waals surface area contributed by atoms with Gasteiger partial charge in [0.1, 0.15) is 11.4 Å². The second-order valence-corrected chi connectivity index (χ2v) is 6.28. The molecule has 0 bridgehead atoms. The molecule has 1 aromatic heterocycles. The minimum atomic E-state index is -4.34. The maximum Gasteiger partial charge on any atom is 0.412 e. The second kappa shape index (κ2) is 4.93. The second-order valence-electron chi connectivity index (χ2n) is 5.09. The number of benzene rings is 1. The van der Waals surface area contributed by atoms with Crippen LogP contribution in [0.5, 0.6) is 0 Å². The predicted molar refractivity (Wildman–Crippen MR) is 77.4 cm³/mol. The van der Waals surface area contributed by atoms with E-state index in [1.54, 1.807) is 0 Å². The fourth-order valence-corrected chi connectivity index (χ4v) is 3.09. The number of rotatable bonds is 3. The number of alkyl halides is 4. The summed E-state index contributed by atoms with van der Waals surface area (Å²) in [6.07, 6.45) is -4.01. The number of hydrogen-bond acceptors (Lipinski definition) is 1. The first-order valence-corrected chi connectivity index (χ1v) is 7.59. The van der Waals surface area contributed by atoms with Crippen molar-refractivity contribution in [2.24, 2.45) is 0 Å². The van der Waals surface area contributed by atoms with Gasteiger partial charge in [-0.2, -0.15) is 13.2 Å². The topological polar surface area (TPSA) is 17.8 Å². The molecule has 3 rings (SSSR count). The zero-order chi connectivity index (χ0) is 15.4. The van der Waals surface area contributed by atoms with E-state index < -0.39 is 11.7 Å². The van der Waals surface area contributed by atoms with Gasteiger partial charge in [0.05, 0.1) is 21.1 Å². The lowest BCUT2D eigenvalue weighted by Gasteiger charge is -2.24. The number of aromatic nitrogens is 2. The molecule has 0 aliphatic heterocycles. The molecule has 8 heteroatoms. The van der Waals surface area contributed by atoms with Gasteiger partial charge in [-0.15, -0.1) is 11.6 Å². The van der Waals surface area contributed by atoms with Crippen molar-refractivity contribution in [3.63, 3.8) is 0 Å². The number of hydrogen-bond donors (Lipinski definition) is 0. The van der Waals surface area contributed by atoms with Crippen LogP contribution in [-0.4, -0.2) is 21.6 Å². The lowest BCUT2D eigenvalue weighted by Crippen LogP contribution is -2.36. The summed E-state index contributed by atoms with van der Waals surface area (Å²) < 4.78 is 41.6. The molecule has 1 aliphatic carbocycles. The Labute approximate surface area is 133 Å². The molecule has 1 fully saturated rings. The molecule has 1 aliphatic rings. The molecular weight excluding hydrogens is 348 g/mol. The van der Waals surface area contributed by atoms with Gasteiger partial charge in [0, 0.05) is 12.3 Å².